The van der Waals surface area contributed by atoms with Gasteiger partial charge in [0.25, 0.3) is 10.0 Å². The minimum atomic E-state index is -3.39. The summed E-state index contributed by atoms with van der Waals surface area (Å²) in [5.41, 5.74) is 1.02. The number of nitrogens with zero attached hydrogens (tertiary/aromatic N) is 1. The van der Waals surface area contributed by atoms with Gasteiger partial charge >= 0.3 is 0 Å². The minimum Gasteiger partial charge on any atom is -0.310 e. The van der Waals surface area contributed by atoms with E-state index in [-0.39, 0.29) is 0 Å². The molecule has 1 heterocycles. The van der Waals surface area contributed by atoms with E-state index in [0.29, 0.717) is 23.3 Å². The van der Waals surface area contributed by atoms with Gasteiger partial charge in [0.15, 0.2) is 0 Å². The van der Waals surface area contributed by atoms with Crippen LogP contribution in [0.2, 0.25) is 0 Å². The summed E-state index contributed by atoms with van der Waals surface area (Å²) in [5, 5.41) is 3.31. The lowest BCUT2D eigenvalue weighted by Crippen LogP contribution is -2.26. The van der Waals surface area contributed by atoms with E-state index in [1.54, 1.807) is 19.2 Å². The van der Waals surface area contributed by atoms with E-state index >= 15 is 0 Å². The summed E-state index contributed by atoms with van der Waals surface area (Å²) in [5.74, 6) is 0. The number of likely N-dealkylation sites (N-methyl/N-ethyl adjacent to an activating group) is 1. The average Bonchev–Trinajstić information content (AvgIpc) is 2.69. The molecule has 0 spiro atoms. The van der Waals surface area contributed by atoms with Crippen LogP contribution in [0.15, 0.2) is 22.9 Å². The van der Waals surface area contributed by atoms with Crippen molar-refractivity contribution in [1.29, 1.82) is 0 Å². The summed E-state index contributed by atoms with van der Waals surface area (Å²) in [6.07, 6.45) is 1.58. The van der Waals surface area contributed by atoms with Gasteiger partial charge in [0, 0.05) is 31.1 Å². The van der Waals surface area contributed by atoms with E-state index in [1.165, 1.54) is 15.6 Å². The zero-order valence-electron chi connectivity index (χ0n) is 11.9. The van der Waals surface area contributed by atoms with Crippen molar-refractivity contribution in [2.24, 2.45) is 0 Å². The Labute approximate surface area is 120 Å². The molecule has 0 aliphatic rings. The van der Waals surface area contributed by atoms with Crippen molar-refractivity contribution in [3.8, 4) is 0 Å². The van der Waals surface area contributed by atoms with Crippen LogP contribution in [0.25, 0.3) is 0 Å². The van der Waals surface area contributed by atoms with Crippen LogP contribution in [-0.2, 0) is 16.6 Å². The third-order valence-electron chi connectivity index (χ3n) is 2.72. The van der Waals surface area contributed by atoms with Crippen LogP contribution in [-0.4, -0.2) is 32.4 Å². The molecule has 1 N–H and O–H groups in total. The molecule has 1 aromatic rings. The SMILES string of the molecule is C=CCN(C)S(=O)(=O)c1cc(C)c(CNC(C)C)s1. The lowest BCUT2D eigenvalue weighted by Gasteiger charge is -2.13. The second-order valence-corrected chi connectivity index (χ2v) is 8.19. The van der Waals surface area contributed by atoms with Crippen LogP contribution in [0.4, 0.5) is 0 Å². The van der Waals surface area contributed by atoms with Gasteiger partial charge in [-0.05, 0) is 18.6 Å². The fourth-order valence-corrected chi connectivity index (χ4v) is 4.41. The highest BCUT2D eigenvalue weighted by Gasteiger charge is 2.23. The first kappa shape index (κ1) is 16.4. The van der Waals surface area contributed by atoms with Gasteiger partial charge < -0.3 is 5.32 Å². The summed E-state index contributed by atoms with van der Waals surface area (Å²) in [6, 6.07) is 2.13. The Morgan fingerprint density at radius 3 is 2.68 bits per heavy atom. The lowest BCUT2D eigenvalue weighted by atomic mass is 10.3. The van der Waals surface area contributed by atoms with E-state index in [0.717, 1.165) is 10.4 Å². The second-order valence-electron chi connectivity index (χ2n) is 4.78. The first-order valence-electron chi connectivity index (χ1n) is 6.19. The Morgan fingerprint density at radius 2 is 2.16 bits per heavy atom. The molecule has 0 amide bonds. The highest BCUT2D eigenvalue weighted by Crippen LogP contribution is 2.28. The molecule has 0 aromatic carbocycles. The number of rotatable bonds is 7. The smallest absolute Gasteiger partial charge is 0.252 e. The van der Waals surface area contributed by atoms with Crippen LogP contribution in [0.1, 0.15) is 24.3 Å². The molecule has 0 saturated carbocycles. The first-order chi connectivity index (χ1) is 8.78. The van der Waals surface area contributed by atoms with E-state index in [9.17, 15) is 8.42 Å². The molecular weight excluding hydrogens is 280 g/mol. The highest BCUT2D eigenvalue weighted by molar-refractivity contribution is 7.91. The number of thiophene rings is 1. The average molecular weight is 302 g/mol. The van der Waals surface area contributed by atoms with Crippen LogP contribution < -0.4 is 5.32 Å². The number of sulfonamides is 1. The van der Waals surface area contributed by atoms with Gasteiger partial charge in [0.05, 0.1) is 0 Å². The molecule has 1 aromatic heterocycles. The van der Waals surface area contributed by atoms with Crippen molar-refractivity contribution in [2.45, 2.75) is 37.6 Å². The van der Waals surface area contributed by atoms with Crippen LogP contribution in [0, 0.1) is 6.92 Å². The van der Waals surface area contributed by atoms with Crippen LogP contribution in [0.3, 0.4) is 0 Å². The zero-order chi connectivity index (χ0) is 14.6. The van der Waals surface area contributed by atoms with Crippen molar-refractivity contribution >= 4 is 21.4 Å². The van der Waals surface area contributed by atoms with E-state index in [4.69, 9.17) is 0 Å². The second kappa shape index (κ2) is 6.65. The highest BCUT2D eigenvalue weighted by atomic mass is 32.2. The normalized spacial score (nSPS) is 12.3. The number of hydrogen-bond acceptors (Lipinski definition) is 4. The van der Waals surface area contributed by atoms with Gasteiger partial charge in [-0.15, -0.1) is 17.9 Å². The lowest BCUT2D eigenvalue weighted by molar-refractivity contribution is 0.501. The summed E-state index contributed by atoms with van der Waals surface area (Å²) in [7, 11) is -1.82. The molecule has 6 heteroatoms. The summed E-state index contributed by atoms with van der Waals surface area (Å²) < 4.78 is 26.3. The van der Waals surface area contributed by atoms with Crippen LogP contribution >= 0.6 is 11.3 Å². The molecule has 0 atom stereocenters. The van der Waals surface area contributed by atoms with E-state index in [2.05, 4.69) is 25.7 Å². The maximum atomic E-state index is 12.3. The van der Waals surface area contributed by atoms with Crippen molar-refractivity contribution in [2.75, 3.05) is 13.6 Å². The van der Waals surface area contributed by atoms with Gasteiger partial charge in [0.2, 0.25) is 0 Å². The molecule has 0 saturated heterocycles. The van der Waals surface area contributed by atoms with Crippen molar-refractivity contribution < 1.29 is 8.42 Å². The molecule has 108 valence electrons. The Kier molecular flexibility index (Phi) is 5.73. The molecule has 0 unspecified atom stereocenters. The molecule has 0 bridgehead atoms. The fourth-order valence-electron chi connectivity index (χ4n) is 1.52. The molecular formula is C13H22N2O2S2. The molecule has 0 aliphatic carbocycles. The summed E-state index contributed by atoms with van der Waals surface area (Å²) >= 11 is 1.34. The minimum absolute atomic E-state index is 0.318. The Balaban J connectivity index is 2.96. The fraction of sp³-hybridized carbons (Fsp3) is 0.538. The monoisotopic (exact) mass is 302 g/mol. The third-order valence-corrected chi connectivity index (χ3v) is 6.23. The van der Waals surface area contributed by atoms with Crippen LogP contribution in [0.5, 0.6) is 0 Å². The van der Waals surface area contributed by atoms with E-state index in [1.807, 2.05) is 6.92 Å². The predicted molar refractivity (Wildman–Crippen MR) is 81.0 cm³/mol. The third kappa shape index (κ3) is 4.14. The molecule has 1 rings (SSSR count). The molecule has 0 aliphatic heterocycles. The summed E-state index contributed by atoms with van der Waals surface area (Å²) in [6.45, 7) is 10.7. The maximum absolute atomic E-state index is 12.3. The Morgan fingerprint density at radius 1 is 1.53 bits per heavy atom. The van der Waals surface area contributed by atoms with Gasteiger partial charge in [0.1, 0.15) is 4.21 Å². The summed E-state index contributed by atoms with van der Waals surface area (Å²) in [4.78, 5) is 1.07. The number of aryl methyl sites for hydroxylation is 1. The van der Waals surface area contributed by atoms with Gasteiger partial charge in [-0.2, -0.15) is 4.31 Å². The van der Waals surface area contributed by atoms with Gasteiger partial charge in [-0.1, -0.05) is 19.9 Å². The van der Waals surface area contributed by atoms with Crippen molar-refractivity contribution in [3.63, 3.8) is 0 Å². The zero-order valence-corrected chi connectivity index (χ0v) is 13.6. The van der Waals surface area contributed by atoms with E-state index < -0.39 is 10.0 Å². The van der Waals surface area contributed by atoms with Crippen molar-refractivity contribution in [3.05, 3.63) is 29.2 Å². The topological polar surface area (TPSA) is 49.4 Å². The van der Waals surface area contributed by atoms with Gasteiger partial charge in [-0.3, -0.25) is 0 Å². The molecule has 4 nitrogen and oxygen atoms in total. The molecule has 19 heavy (non-hydrogen) atoms. The standard InChI is InChI=1S/C13H22N2O2S2/c1-6-7-15(5)19(16,17)13-8-11(4)12(18-13)9-14-10(2)3/h6,8,10,14H,1,7,9H2,2-5H3. The molecule has 0 fully saturated rings. The predicted octanol–water partition coefficient (Wildman–Crippen LogP) is 2.36. The Hall–Kier alpha value is -0.690. The number of hydrogen-bond donors (Lipinski definition) is 1. The van der Waals surface area contributed by atoms with Crippen molar-refractivity contribution in [1.82, 2.24) is 9.62 Å². The Bertz CT molecular complexity index is 533. The maximum Gasteiger partial charge on any atom is 0.252 e. The first-order valence-corrected chi connectivity index (χ1v) is 8.44. The van der Waals surface area contributed by atoms with Gasteiger partial charge in [-0.25, -0.2) is 8.42 Å². The molecule has 0 radical (unpaired) electrons. The number of nitrogens with one attached hydrogen (secondary N) is 1. The largest absolute Gasteiger partial charge is 0.310 e. The quantitative estimate of drug-likeness (QED) is 0.787.